The van der Waals surface area contributed by atoms with Crippen molar-refractivity contribution in [1.29, 1.82) is 0 Å². The molecule has 1 heterocycles. The maximum atomic E-state index is 13.0. The number of amides is 2. The lowest BCUT2D eigenvalue weighted by Gasteiger charge is -2.19. The quantitative estimate of drug-likeness (QED) is 0.208. The van der Waals surface area contributed by atoms with Crippen molar-refractivity contribution >= 4 is 52.2 Å². The van der Waals surface area contributed by atoms with Crippen LogP contribution in [0.1, 0.15) is 37.5 Å². The van der Waals surface area contributed by atoms with Gasteiger partial charge in [0, 0.05) is 5.56 Å². The van der Waals surface area contributed by atoms with Crippen LogP contribution in [0.25, 0.3) is 6.08 Å². The van der Waals surface area contributed by atoms with Gasteiger partial charge in [-0.2, -0.15) is 0 Å². The summed E-state index contributed by atoms with van der Waals surface area (Å²) in [7, 11) is 0. The van der Waals surface area contributed by atoms with Crippen LogP contribution in [-0.2, 0) is 16.8 Å². The lowest BCUT2D eigenvalue weighted by atomic mass is 9.87. The first-order valence-electron chi connectivity index (χ1n) is 11.8. The van der Waals surface area contributed by atoms with E-state index in [-0.39, 0.29) is 23.1 Å². The van der Waals surface area contributed by atoms with Crippen molar-refractivity contribution in [2.24, 2.45) is 0 Å². The number of para-hydroxylation sites is 1. The summed E-state index contributed by atoms with van der Waals surface area (Å²) < 4.78 is 11.8. The monoisotopic (exact) mass is 555 g/mol. The van der Waals surface area contributed by atoms with Crippen LogP contribution >= 0.6 is 35.0 Å². The van der Waals surface area contributed by atoms with Gasteiger partial charge in [0.25, 0.3) is 11.1 Å². The third kappa shape index (κ3) is 6.89. The standard InChI is InChI=1S/C29H27Cl2NO4S/c1-29(2,3)21-9-11-22(12-10-21)35-14-15-36-25-7-5-4-6-20(25)17-26-27(33)32(28(34)37-26)18-19-8-13-23(30)24(31)16-19/h4-13,16-17H,14-15,18H2,1-3H3/b26-17-. The van der Waals surface area contributed by atoms with Gasteiger partial charge < -0.3 is 9.47 Å². The number of carbonyl (C=O) groups is 2. The maximum absolute atomic E-state index is 13.0. The molecule has 0 N–H and O–H groups in total. The van der Waals surface area contributed by atoms with E-state index < -0.39 is 0 Å². The van der Waals surface area contributed by atoms with Crippen LogP contribution in [-0.4, -0.2) is 29.3 Å². The highest BCUT2D eigenvalue weighted by Gasteiger charge is 2.35. The lowest BCUT2D eigenvalue weighted by Crippen LogP contribution is -2.27. The van der Waals surface area contributed by atoms with Crippen LogP contribution in [0.15, 0.2) is 71.6 Å². The van der Waals surface area contributed by atoms with Gasteiger partial charge in [0.1, 0.15) is 24.7 Å². The molecule has 1 aliphatic heterocycles. The molecule has 1 saturated heterocycles. The minimum absolute atomic E-state index is 0.0874. The second kappa shape index (κ2) is 11.6. The minimum Gasteiger partial charge on any atom is -0.490 e. The van der Waals surface area contributed by atoms with Gasteiger partial charge in [-0.15, -0.1) is 0 Å². The van der Waals surface area contributed by atoms with E-state index in [0.29, 0.717) is 39.5 Å². The third-order valence-corrected chi connectivity index (χ3v) is 7.38. The van der Waals surface area contributed by atoms with E-state index in [4.69, 9.17) is 32.7 Å². The van der Waals surface area contributed by atoms with Crippen LogP contribution < -0.4 is 9.47 Å². The zero-order valence-corrected chi connectivity index (χ0v) is 23.1. The molecule has 0 radical (unpaired) electrons. The predicted octanol–water partition coefficient (Wildman–Crippen LogP) is 7.99. The molecule has 0 saturated carbocycles. The molecule has 2 amide bonds. The summed E-state index contributed by atoms with van der Waals surface area (Å²) in [5, 5.41) is 0.449. The van der Waals surface area contributed by atoms with Crippen LogP contribution in [0.4, 0.5) is 4.79 Å². The van der Waals surface area contributed by atoms with E-state index >= 15 is 0 Å². The number of carbonyl (C=O) groups excluding carboxylic acids is 2. The molecule has 192 valence electrons. The van der Waals surface area contributed by atoms with E-state index in [9.17, 15) is 9.59 Å². The number of hydrogen-bond acceptors (Lipinski definition) is 5. The predicted molar refractivity (Wildman–Crippen MR) is 151 cm³/mol. The van der Waals surface area contributed by atoms with Crippen LogP contribution in [0.5, 0.6) is 11.5 Å². The topological polar surface area (TPSA) is 55.8 Å². The normalized spacial score (nSPS) is 14.9. The Hall–Kier alpha value is -2.93. The Morgan fingerprint density at radius 1 is 0.892 bits per heavy atom. The first kappa shape index (κ1) is 27.1. The minimum atomic E-state index is -0.363. The number of nitrogens with zero attached hydrogens (tertiary/aromatic N) is 1. The van der Waals surface area contributed by atoms with Gasteiger partial charge in [0.2, 0.25) is 0 Å². The first-order chi connectivity index (χ1) is 17.6. The molecular formula is C29H27Cl2NO4S. The fourth-order valence-electron chi connectivity index (χ4n) is 3.69. The SMILES string of the molecule is CC(C)(C)c1ccc(OCCOc2ccccc2/C=C2\SC(=O)N(Cc3ccc(Cl)c(Cl)c3)C2=O)cc1. The highest BCUT2D eigenvalue weighted by Crippen LogP contribution is 2.35. The highest BCUT2D eigenvalue weighted by atomic mass is 35.5. The molecule has 1 aliphatic rings. The molecule has 5 nitrogen and oxygen atoms in total. The smallest absolute Gasteiger partial charge is 0.293 e. The van der Waals surface area contributed by atoms with Crippen LogP contribution in [0, 0.1) is 0 Å². The molecule has 8 heteroatoms. The van der Waals surface area contributed by atoms with Crippen LogP contribution in [0.2, 0.25) is 10.0 Å². The molecular weight excluding hydrogens is 529 g/mol. The first-order valence-corrected chi connectivity index (χ1v) is 13.3. The Labute approximate surface area is 231 Å². The summed E-state index contributed by atoms with van der Waals surface area (Å²) in [5.41, 5.74) is 2.75. The Morgan fingerprint density at radius 2 is 1.59 bits per heavy atom. The molecule has 4 rings (SSSR count). The van der Waals surface area contributed by atoms with Crippen molar-refractivity contribution in [2.75, 3.05) is 13.2 Å². The number of imide groups is 1. The van der Waals surface area contributed by atoms with Crippen molar-refractivity contribution in [1.82, 2.24) is 4.90 Å². The largest absolute Gasteiger partial charge is 0.490 e. The molecule has 0 atom stereocenters. The second-order valence-electron chi connectivity index (χ2n) is 9.53. The summed E-state index contributed by atoms with van der Waals surface area (Å²) in [4.78, 5) is 27.1. The van der Waals surface area contributed by atoms with Gasteiger partial charge in [0.05, 0.1) is 21.5 Å². The Kier molecular flexibility index (Phi) is 8.53. The molecule has 3 aromatic carbocycles. The van der Waals surface area contributed by atoms with Gasteiger partial charge >= 0.3 is 0 Å². The average Bonchev–Trinajstić information content (AvgIpc) is 3.12. The Morgan fingerprint density at radius 3 is 2.30 bits per heavy atom. The van der Waals surface area contributed by atoms with Gasteiger partial charge in [-0.3, -0.25) is 14.5 Å². The molecule has 1 fully saturated rings. The summed E-state index contributed by atoms with van der Waals surface area (Å²) in [5.74, 6) is 1.02. The van der Waals surface area contributed by atoms with Gasteiger partial charge in [-0.25, -0.2) is 0 Å². The highest BCUT2D eigenvalue weighted by molar-refractivity contribution is 8.18. The zero-order valence-electron chi connectivity index (χ0n) is 20.8. The zero-order chi connectivity index (χ0) is 26.6. The molecule has 0 aromatic heterocycles. The van der Waals surface area contributed by atoms with Gasteiger partial charge in [-0.05, 0) is 64.7 Å². The number of hydrogen-bond donors (Lipinski definition) is 0. The maximum Gasteiger partial charge on any atom is 0.293 e. The second-order valence-corrected chi connectivity index (χ2v) is 11.3. The molecule has 0 bridgehead atoms. The van der Waals surface area contributed by atoms with Crippen molar-refractivity contribution in [3.05, 3.63) is 98.4 Å². The number of rotatable bonds is 8. The Bertz CT molecular complexity index is 1330. The van der Waals surface area contributed by atoms with Gasteiger partial charge in [0.15, 0.2) is 0 Å². The van der Waals surface area contributed by atoms with Crippen molar-refractivity contribution in [3.8, 4) is 11.5 Å². The Balaban J connectivity index is 1.38. The fraction of sp³-hybridized carbons (Fsp3) is 0.241. The molecule has 0 unspecified atom stereocenters. The van der Waals surface area contributed by atoms with E-state index in [1.54, 1.807) is 24.3 Å². The number of thioether (sulfide) groups is 1. The number of benzene rings is 3. The van der Waals surface area contributed by atoms with E-state index in [2.05, 4.69) is 32.9 Å². The van der Waals surface area contributed by atoms with E-state index in [1.807, 2.05) is 36.4 Å². The number of ether oxygens (including phenoxy) is 2. The van der Waals surface area contributed by atoms with Crippen LogP contribution in [0.3, 0.4) is 0 Å². The third-order valence-electron chi connectivity index (χ3n) is 5.73. The van der Waals surface area contributed by atoms with Crippen molar-refractivity contribution < 1.29 is 19.1 Å². The summed E-state index contributed by atoms with van der Waals surface area (Å²) in [6.07, 6.45) is 1.68. The molecule has 3 aromatic rings. The van der Waals surface area contributed by atoms with E-state index in [1.165, 1.54) is 10.5 Å². The summed E-state index contributed by atoms with van der Waals surface area (Å²) in [6, 6.07) is 20.5. The summed E-state index contributed by atoms with van der Waals surface area (Å²) in [6.45, 7) is 7.32. The van der Waals surface area contributed by atoms with Crippen molar-refractivity contribution in [2.45, 2.75) is 32.7 Å². The average molecular weight is 557 g/mol. The number of halogens is 2. The molecule has 0 aliphatic carbocycles. The lowest BCUT2D eigenvalue weighted by molar-refractivity contribution is -0.123. The molecule has 0 spiro atoms. The van der Waals surface area contributed by atoms with Gasteiger partial charge in [-0.1, -0.05) is 80.4 Å². The van der Waals surface area contributed by atoms with Crippen molar-refractivity contribution in [3.63, 3.8) is 0 Å². The van der Waals surface area contributed by atoms with E-state index in [0.717, 1.165) is 23.1 Å². The summed E-state index contributed by atoms with van der Waals surface area (Å²) >= 11 is 12.9. The fourth-order valence-corrected chi connectivity index (χ4v) is 4.84. The molecule has 37 heavy (non-hydrogen) atoms.